The molecule has 0 aliphatic heterocycles. The highest BCUT2D eigenvalue weighted by Crippen LogP contribution is 2.44. The predicted molar refractivity (Wildman–Crippen MR) is 135 cm³/mol. The van der Waals surface area contributed by atoms with Gasteiger partial charge in [-0.25, -0.2) is 4.79 Å². The fourth-order valence-corrected chi connectivity index (χ4v) is 5.58. The van der Waals surface area contributed by atoms with E-state index in [2.05, 4.69) is 46.9 Å². The summed E-state index contributed by atoms with van der Waals surface area (Å²) < 4.78 is 10.7. The third-order valence-electron chi connectivity index (χ3n) is 7.02. The Morgan fingerprint density at radius 2 is 1.79 bits per heavy atom. The number of thiophene rings is 1. The number of methoxy groups -OCH3 is 1. The van der Waals surface area contributed by atoms with Gasteiger partial charge in [-0.05, 0) is 65.7 Å². The number of amides is 1. The predicted octanol–water partition coefficient (Wildman–Crippen LogP) is 6.39. The van der Waals surface area contributed by atoms with Gasteiger partial charge in [0.2, 0.25) is 0 Å². The molecule has 1 aromatic heterocycles. The van der Waals surface area contributed by atoms with Crippen LogP contribution in [0.4, 0.5) is 5.00 Å². The molecule has 1 N–H and O–H groups in total. The molecule has 1 aliphatic rings. The summed E-state index contributed by atoms with van der Waals surface area (Å²) in [4.78, 5) is 26.4. The van der Waals surface area contributed by atoms with Gasteiger partial charge in [0.05, 0.1) is 12.7 Å². The summed E-state index contributed by atoms with van der Waals surface area (Å²) in [6.07, 6.45) is 3.81. The van der Waals surface area contributed by atoms with Crippen LogP contribution in [0.1, 0.15) is 80.7 Å². The number of hydrogen-bond donors (Lipinski definition) is 1. The molecule has 1 amide bonds. The van der Waals surface area contributed by atoms with Crippen molar-refractivity contribution in [2.24, 2.45) is 11.3 Å². The first-order valence-corrected chi connectivity index (χ1v) is 12.5. The van der Waals surface area contributed by atoms with Crippen LogP contribution in [0, 0.1) is 11.3 Å². The first-order chi connectivity index (χ1) is 15.5. The topological polar surface area (TPSA) is 64.6 Å². The third-order valence-corrected chi connectivity index (χ3v) is 8.19. The minimum atomic E-state index is -0.396. The number of rotatable bonds is 7. The summed E-state index contributed by atoms with van der Waals surface area (Å²) >= 11 is 1.49. The molecule has 2 aromatic rings. The van der Waals surface area contributed by atoms with Gasteiger partial charge in [0, 0.05) is 4.88 Å². The molecule has 0 fully saturated rings. The third kappa shape index (κ3) is 5.78. The van der Waals surface area contributed by atoms with E-state index in [-0.39, 0.29) is 23.3 Å². The van der Waals surface area contributed by atoms with Crippen LogP contribution in [0.3, 0.4) is 0 Å². The van der Waals surface area contributed by atoms with Crippen LogP contribution in [0.25, 0.3) is 0 Å². The molecule has 5 nitrogen and oxygen atoms in total. The summed E-state index contributed by atoms with van der Waals surface area (Å²) in [7, 11) is 1.38. The number of benzene rings is 1. The molecular formula is C27H37NO4S. The highest BCUT2D eigenvalue weighted by Gasteiger charge is 2.34. The molecule has 6 heteroatoms. The van der Waals surface area contributed by atoms with Crippen molar-refractivity contribution >= 4 is 28.2 Å². The van der Waals surface area contributed by atoms with E-state index >= 15 is 0 Å². The van der Waals surface area contributed by atoms with Crippen molar-refractivity contribution in [1.82, 2.24) is 0 Å². The van der Waals surface area contributed by atoms with Gasteiger partial charge in [-0.3, -0.25) is 4.79 Å². The van der Waals surface area contributed by atoms with E-state index in [1.54, 1.807) is 0 Å². The number of esters is 1. The van der Waals surface area contributed by atoms with E-state index in [4.69, 9.17) is 9.47 Å². The number of nitrogens with one attached hydrogen (secondary N) is 1. The zero-order chi connectivity index (χ0) is 24.4. The largest absolute Gasteiger partial charge is 0.484 e. The number of fused-ring (bicyclic) bond motifs is 1. The fraction of sp³-hybridized carbons (Fsp3) is 0.556. The Morgan fingerprint density at radius 3 is 2.36 bits per heavy atom. The maximum atomic E-state index is 12.7. The van der Waals surface area contributed by atoms with Crippen LogP contribution in [-0.4, -0.2) is 25.6 Å². The highest BCUT2D eigenvalue weighted by atomic mass is 32.1. The van der Waals surface area contributed by atoms with Gasteiger partial charge in [0.25, 0.3) is 5.91 Å². The molecule has 1 unspecified atom stereocenters. The molecule has 0 radical (unpaired) electrons. The molecule has 1 aliphatic carbocycles. The van der Waals surface area contributed by atoms with Crippen molar-refractivity contribution in [2.45, 2.75) is 72.6 Å². The molecule has 0 spiro atoms. The minimum absolute atomic E-state index is 0.102. The average molecular weight is 472 g/mol. The van der Waals surface area contributed by atoms with Crippen LogP contribution in [0.15, 0.2) is 24.3 Å². The molecule has 180 valence electrons. The van der Waals surface area contributed by atoms with E-state index in [0.717, 1.165) is 31.2 Å². The van der Waals surface area contributed by atoms with Crippen molar-refractivity contribution in [3.8, 4) is 5.75 Å². The van der Waals surface area contributed by atoms with Crippen LogP contribution in [-0.2, 0) is 27.8 Å². The van der Waals surface area contributed by atoms with Crippen LogP contribution >= 0.6 is 11.3 Å². The summed E-state index contributed by atoms with van der Waals surface area (Å²) in [6.45, 7) is 13.2. The molecule has 0 bridgehead atoms. The molecule has 3 rings (SSSR count). The Bertz CT molecular complexity index is 998. The van der Waals surface area contributed by atoms with Crippen molar-refractivity contribution in [3.63, 3.8) is 0 Å². The Morgan fingerprint density at radius 1 is 1.12 bits per heavy atom. The summed E-state index contributed by atoms with van der Waals surface area (Å²) in [5.74, 6) is 0.505. The van der Waals surface area contributed by atoms with Crippen molar-refractivity contribution < 1.29 is 19.1 Å². The molecule has 0 saturated carbocycles. The molecular weight excluding hydrogens is 434 g/mol. The summed E-state index contributed by atoms with van der Waals surface area (Å²) in [6, 6.07) is 7.89. The van der Waals surface area contributed by atoms with E-state index in [1.165, 1.54) is 28.9 Å². The van der Waals surface area contributed by atoms with E-state index in [0.29, 0.717) is 22.2 Å². The highest BCUT2D eigenvalue weighted by molar-refractivity contribution is 7.17. The van der Waals surface area contributed by atoms with Gasteiger partial charge in [-0.2, -0.15) is 0 Å². The van der Waals surface area contributed by atoms with Crippen molar-refractivity contribution in [3.05, 3.63) is 45.8 Å². The van der Waals surface area contributed by atoms with Crippen molar-refractivity contribution in [1.29, 1.82) is 0 Å². The SMILES string of the molecule is CCC(C)(C)c1ccc(OCC(=O)Nc2sc3c(c2C(=O)OC)CCC(C(C)(C)C)C3)cc1. The lowest BCUT2D eigenvalue weighted by Gasteiger charge is -2.33. The molecule has 0 saturated heterocycles. The first-order valence-electron chi connectivity index (χ1n) is 11.7. The van der Waals surface area contributed by atoms with Gasteiger partial charge < -0.3 is 14.8 Å². The van der Waals surface area contributed by atoms with E-state index < -0.39 is 5.97 Å². The Hall–Kier alpha value is -2.34. The lowest BCUT2D eigenvalue weighted by molar-refractivity contribution is -0.118. The Kier molecular flexibility index (Phi) is 7.57. The Labute approximate surface area is 201 Å². The van der Waals surface area contributed by atoms with Gasteiger partial charge >= 0.3 is 5.97 Å². The first kappa shape index (κ1) is 25.3. The van der Waals surface area contributed by atoms with E-state index in [1.807, 2.05) is 24.3 Å². The smallest absolute Gasteiger partial charge is 0.341 e. The monoisotopic (exact) mass is 471 g/mol. The second kappa shape index (κ2) is 9.88. The molecule has 33 heavy (non-hydrogen) atoms. The summed E-state index contributed by atoms with van der Waals surface area (Å²) in [5, 5.41) is 3.47. The maximum Gasteiger partial charge on any atom is 0.341 e. The quantitative estimate of drug-likeness (QED) is 0.475. The molecule has 1 atom stereocenters. The standard InChI is InChI=1S/C27H37NO4S/c1-8-27(5,6)17-9-12-19(13-10-17)32-16-22(29)28-24-23(25(30)31-7)20-14-11-18(26(2,3)4)15-21(20)33-24/h9-10,12-13,18H,8,11,14-16H2,1-7H3,(H,28,29). The minimum Gasteiger partial charge on any atom is -0.484 e. The van der Waals surface area contributed by atoms with Crippen LogP contribution in [0.5, 0.6) is 5.75 Å². The maximum absolute atomic E-state index is 12.7. The zero-order valence-corrected chi connectivity index (χ0v) is 21.8. The number of carbonyl (C=O) groups excluding carboxylic acids is 2. The van der Waals surface area contributed by atoms with E-state index in [9.17, 15) is 9.59 Å². The Balaban J connectivity index is 1.70. The molecule has 1 aromatic carbocycles. The van der Waals surface area contributed by atoms with Gasteiger partial charge in [-0.1, -0.05) is 53.7 Å². The second-order valence-corrected chi connectivity index (χ2v) is 11.7. The second-order valence-electron chi connectivity index (χ2n) is 10.6. The number of anilines is 1. The van der Waals surface area contributed by atoms with Gasteiger partial charge in [0.1, 0.15) is 10.8 Å². The summed E-state index contributed by atoms with van der Waals surface area (Å²) in [5.41, 5.74) is 3.07. The van der Waals surface area contributed by atoms with Crippen molar-refractivity contribution in [2.75, 3.05) is 19.0 Å². The number of hydrogen-bond acceptors (Lipinski definition) is 5. The average Bonchev–Trinajstić information content (AvgIpc) is 3.13. The van der Waals surface area contributed by atoms with Crippen LogP contribution < -0.4 is 10.1 Å². The van der Waals surface area contributed by atoms with Gasteiger partial charge in [-0.15, -0.1) is 11.3 Å². The van der Waals surface area contributed by atoms with Gasteiger partial charge in [0.15, 0.2) is 6.61 Å². The number of ether oxygens (including phenoxy) is 2. The molecule has 1 heterocycles. The lowest BCUT2D eigenvalue weighted by atomic mass is 9.72. The number of carbonyl (C=O) groups is 2. The van der Waals surface area contributed by atoms with Crippen LogP contribution in [0.2, 0.25) is 0 Å². The lowest BCUT2D eigenvalue weighted by Crippen LogP contribution is -2.26. The fourth-order valence-electron chi connectivity index (χ4n) is 4.25. The normalized spacial score (nSPS) is 16.2. The zero-order valence-electron chi connectivity index (χ0n) is 21.0.